The predicted octanol–water partition coefficient (Wildman–Crippen LogP) is 2.66. The summed E-state index contributed by atoms with van der Waals surface area (Å²) in [6.07, 6.45) is 0. The fourth-order valence-corrected chi connectivity index (χ4v) is 2.89. The Kier molecular flexibility index (Phi) is 11.2. The van der Waals surface area contributed by atoms with Gasteiger partial charge in [-0.05, 0) is 26.3 Å². The molecule has 0 bridgehead atoms. The molecule has 27 heavy (non-hydrogen) atoms. The molecule has 2 rings (SSSR count). The number of methoxy groups -OCH3 is 1. The Morgan fingerprint density at radius 2 is 1.89 bits per heavy atom. The topological polar surface area (TPSA) is 58.1 Å². The molecule has 1 aliphatic rings. The van der Waals surface area contributed by atoms with E-state index in [0.29, 0.717) is 12.6 Å². The number of benzene rings is 1. The highest BCUT2D eigenvalue weighted by Crippen LogP contribution is 2.21. The maximum Gasteiger partial charge on any atom is 0.191 e. The van der Waals surface area contributed by atoms with Crippen molar-refractivity contribution in [3.05, 3.63) is 35.9 Å². The van der Waals surface area contributed by atoms with Crippen LogP contribution in [-0.2, 0) is 9.47 Å². The second-order valence-corrected chi connectivity index (χ2v) is 7.11. The minimum Gasteiger partial charge on any atom is -0.379 e. The van der Waals surface area contributed by atoms with Crippen molar-refractivity contribution in [1.82, 2.24) is 15.5 Å². The minimum atomic E-state index is -0.272. The summed E-state index contributed by atoms with van der Waals surface area (Å²) in [5.74, 6) is 0.826. The predicted molar refractivity (Wildman–Crippen MR) is 122 cm³/mol. The van der Waals surface area contributed by atoms with Crippen molar-refractivity contribution in [2.75, 3.05) is 53.0 Å². The van der Waals surface area contributed by atoms with Gasteiger partial charge in [0, 0.05) is 33.3 Å². The van der Waals surface area contributed by atoms with Crippen molar-refractivity contribution >= 4 is 29.9 Å². The summed E-state index contributed by atoms with van der Waals surface area (Å²) in [7, 11) is 1.72. The van der Waals surface area contributed by atoms with Gasteiger partial charge in [0.15, 0.2) is 5.96 Å². The second kappa shape index (κ2) is 12.5. The number of aliphatic imine (C=N–C) groups is 1. The number of hydrogen-bond acceptors (Lipinski definition) is 4. The third-order valence-corrected chi connectivity index (χ3v) is 4.65. The summed E-state index contributed by atoms with van der Waals surface area (Å²) in [5.41, 5.74) is 1.04. The molecule has 1 saturated heterocycles. The first-order valence-corrected chi connectivity index (χ1v) is 9.50. The number of halogens is 1. The lowest BCUT2D eigenvalue weighted by molar-refractivity contribution is 0.0169. The van der Waals surface area contributed by atoms with Gasteiger partial charge in [-0.15, -0.1) is 24.0 Å². The lowest BCUT2D eigenvalue weighted by Gasteiger charge is -2.35. The average molecular weight is 490 g/mol. The van der Waals surface area contributed by atoms with Gasteiger partial charge in [0.1, 0.15) is 0 Å². The molecule has 0 saturated carbocycles. The maximum atomic E-state index is 5.53. The smallest absolute Gasteiger partial charge is 0.191 e. The number of guanidine groups is 1. The molecular formula is C20H35IN4O2. The van der Waals surface area contributed by atoms with Crippen LogP contribution in [0.15, 0.2) is 35.3 Å². The molecule has 1 atom stereocenters. The van der Waals surface area contributed by atoms with E-state index in [4.69, 9.17) is 14.5 Å². The normalized spacial score (nSPS) is 17.1. The molecule has 154 valence electrons. The van der Waals surface area contributed by atoms with Crippen LogP contribution < -0.4 is 10.6 Å². The van der Waals surface area contributed by atoms with E-state index in [9.17, 15) is 0 Å². The molecule has 6 nitrogen and oxygen atoms in total. The second-order valence-electron chi connectivity index (χ2n) is 7.11. The quantitative estimate of drug-likeness (QED) is 0.334. The zero-order valence-electron chi connectivity index (χ0n) is 17.0. The largest absolute Gasteiger partial charge is 0.379 e. The Labute approximate surface area is 181 Å². The number of ether oxygens (including phenoxy) is 2. The summed E-state index contributed by atoms with van der Waals surface area (Å²) in [6.45, 7) is 11.9. The van der Waals surface area contributed by atoms with E-state index < -0.39 is 0 Å². The third kappa shape index (κ3) is 8.33. The van der Waals surface area contributed by atoms with E-state index in [1.807, 2.05) is 13.8 Å². The molecule has 1 aromatic carbocycles. The molecule has 0 radical (unpaired) electrons. The number of nitrogens with one attached hydrogen (secondary N) is 2. The first-order chi connectivity index (χ1) is 12.6. The van der Waals surface area contributed by atoms with Gasteiger partial charge < -0.3 is 20.1 Å². The number of morpholine rings is 1. The highest BCUT2D eigenvalue weighted by molar-refractivity contribution is 14.0. The molecule has 1 fully saturated rings. The van der Waals surface area contributed by atoms with Crippen LogP contribution in [0.2, 0.25) is 0 Å². The Balaban J connectivity index is 0.00000364. The molecule has 1 aliphatic heterocycles. The lowest BCUT2D eigenvalue weighted by Crippen LogP contribution is -2.46. The molecule has 7 heteroatoms. The summed E-state index contributed by atoms with van der Waals surface area (Å²) < 4.78 is 11.0. The molecular weight excluding hydrogens is 455 g/mol. The van der Waals surface area contributed by atoms with Gasteiger partial charge in [0.25, 0.3) is 0 Å². The van der Waals surface area contributed by atoms with Crippen LogP contribution in [0.5, 0.6) is 0 Å². The number of hydrogen-bond donors (Lipinski definition) is 2. The monoisotopic (exact) mass is 490 g/mol. The molecule has 0 aliphatic carbocycles. The van der Waals surface area contributed by atoms with Gasteiger partial charge in [0.05, 0.1) is 31.4 Å². The fraction of sp³-hybridized carbons (Fsp3) is 0.650. The summed E-state index contributed by atoms with van der Waals surface area (Å²) >= 11 is 0. The average Bonchev–Trinajstić information content (AvgIpc) is 2.68. The van der Waals surface area contributed by atoms with Gasteiger partial charge in [-0.2, -0.15) is 0 Å². The van der Waals surface area contributed by atoms with E-state index >= 15 is 0 Å². The van der Waals surface area contributed by atoms with Crippen molar-refractivity contribution in [3.63, 3.8) is 0 Å². The molecule has 0 aromatic heterocycles. The highest BCUT2D eigenvalue weighted by atomic mass is 127. The van der Waals surface area contributed by atoms with Crippen LogP contribution in [0.3, 0.4) is 0 Å². The van der Waals surface area contributed by atoms with Gasteiger partial charge in [0.2, 0.25) is 0 Å². The standard InChI is InChI=1S/C20H34N4O2.HI/c1-5-21-19(23-16-20(2,3)25-4)22-15-18(17-9-7-6-8-10-17)24-11-13-26-14-12-24;/h6-10,18H,5,11-16H2,1-4H3,(H2,21,22,23);1H. The first-order valence-electron chi connectivity index (χ1n) is 9.50. The Bertz CT molecular complexity index is 548. The maximum absolute atomic E-state index is 5.53. The van der Waals surface area contributed by atoms with Crippen LogP contribution in [0.4, 0.5) is 0 Å². The van der Waals surface area contributed by atoms with Crippen molar-refractivity contribution in [3.8, 4) is 0 Å². The van der Waals surface area contributed by atoms with E-state index in [1.165, 1.54) is 5.56 Å². The van der Waals surface area contributed by atoms with Crippen LogP contribution in [0.25, 0.3) is 0 Å². The van der Waals surface area contributed by atoms with E-state index in [-0.39, 0.29) is 29.6 Å². The Morgan fingerprint density at radius 3 is 2.48 bits per heavy atom. The van der Waals surface area contributed by atoms with Crippen LogP contribution in [0.1, 0.15) is 32.4 Å². The molecule has 2 N–H and O–H groups in total. The van der Waals surface area contributed by atoms with E-state index in [1.54, 1.807) is 7.11 Å². The molecule has 0 spiro atoms. The Hall–Kier alpha value is -0.900. The van der Waals surface area contributed by atoms with Gasteiger partial charge in [-0.3, -0.25) is 9.89 Å². The summed E-state index contributed by atoms with van der Waals surface area (Å²) in [6, 6.07) is 10.9. The van der Waals surface area contributed by atoms with Crippen LogP contribution >= 0.6 is 24.0 Å². The molecule has 1 aromatic rings. The van der Waals surface area contributed by atoms with Crippen LogP contribution in [-0.4, -0.2) is 69.5 Å². The number of rotatable bonds is 8. The van der Waals surface area contributed by atoms with E-state index in [0.717, 1.165) is 45.4 Å². The molecule has 0 amide bonds. The van der Waals surface area contributed by atoms with Gasteiger partial charge in [-0.1, -0.05) is 30.3 Å². The van der Waals surface area contributed by atoms with Gasteiger partial charge in [-0.25, -0.2) is 0 Å². The highest BCUT2D eigenvalue weighted by Gasteiger charge is 2.23. The van der Waals surface area contributed by atoms with Crippen molar-refractivity contribution in [2.24, 2.45) is 4.99 Å². The Morgan fingerprint density at radius 1 is 1.22 bits per heavy atom. The zero-order chi connectivity index (χ0) is 18.8. The summed E-state index contributed by atoms with van der Waals surface area (Å²) in [4.78, 5) is 7.17. The van der Waals surface area contributed by atoms with E-state index in [2.05, 4.69) is 52.8 Å². The van der Waals surface area contributed by atoms with Crippen LogP contribution in [0, 0.1) is 0 Å². The fourth-order valence-electron chi connectivity index (χ4n) is 2.89. The zero-order valence-corrected chi connectivity index (χ0v) is 19.4. The SMILES string of the molecule is CCNC(=NCC(C)(C)OC)NCC(c1ccccc1)N1CCOCC1.I. The van der Waals surface area contributed by atoms with Crippen molar-refractivity contribution < 1.29 is 9.47 Å². The minimum absolute atomic E-state index is 0. The molecule has 1 heterocycles. The lowest BCUT2D eigenvalue weighted by atomic mass is 10.0. The van der Waals surface area contributed by atoms with Crippen molar-refractivity contribution in [1.29, 1.82) is 0 Å². The van der Waals surface area contributed by atoms with Gasteiger partial charge >= 0.3 is 0 Å². The molecule has 1 unspecified atom stereocenters. The summed E-state index contributed by atoms with van der Waals surface area (Å²) in [5, 5.41) is 6.84. The third-order valence-electron chi connectivity index (χ3n) is 4.65. The number of nitrogens with zero attached hydrogens (tertiary/aromatic N) is 2. The van der Waals surface area contributed by atoms with Crippen molar-refractivity contribution in [2.45, 2.75) is 32.4 Å². The first kappa shape index (κ1) is 24.1.